The van der Waals surface area contributed by atoms with Gasteiger partial charge < -0.3 is 0 Å². The average molecular weight is 146 g/mol. The van der Waals surface area contributed by atoms with Gasteiger partial charge in [0.25, 0.3) is 0 Å². The Hall–Kier alpha value is -0.650. The molecule has 54 valence electrons. The topological polar surface area (TPSA) is 26.3 Å². The first-order valence-electron chi connectivity index (χ1n) is 1.82. The fourth-order valence-electron chi connectivity index (χ4n) is 0.125. The second-order valence-corrected chi connectivity index (χ2v) is 1.23. The van der Waals surface area contributed by atoms with E-state index in [4.69, 9.17) is 0 Å². The highest BCUT2D eigenvalue weighted by Crippen LogP contribution is 2.15. The quantitative estimate of drug-likeness (QED) is 0.438. The summed E-state index contributed by atoms with van der Waals surface area (Å²) in [6.07, 6.45) is 0. The predicted molar refractivity (Wildman–Crippen MR) is 18.1 cm³/mol. The molecule has 0 atom stereocenters. The molecular weight excluding hydrogens is 144 g/mol. The Bertz CT molecular complexity index is 112. The molecule has 0 rings (SSSR count). The van der Waals surface area contributed by atoms with Crippen molar-refractivity contribution in [2.45, 2.75) is 5.92 Å². The Kier molecular flexibility index (Phi) is 2.57. The summed E-state index contributed by atoms with van der Waals surface area (Å²) in [7, 11) is 0. The van der Waals surface area contributed by atoms with E-state index in [0.29, 0.717) is 0 Å². The van der Waals surface area contributed by atoms with Crippen LogP contribution in [0.25, 0.3) is 0 Å². The van der Waals surface area contributed by atoms with Gasteiger partial charge >= 0.3 is 12.0 Å². The molecule has 0 radical (unpaired) electrons. The highest BCUT2D eigenvalue weighted by atomic mass is 19.3. The van der Waals surface area contributed by atoms with Gasteiger partial charge in [0.05, 0.1) is 0 Å². The van der Waals surface area contributed by atoms with Gasteiger partial charge in [0.15, 0.2) is 6.61 Å². The zero-order valence-corrected chi connectivity index (χ0v) is 4.04. The second kappa shape index (κ2) is 2.77. The zero-order valence-electron chi connectivity index (χ0n) is 4.04. The molecule has 0 heterocycles. The van der Waals surface area contributed by atoms with Gasteiger partial charge in [-0.2, -0.15) is 18.1 Å². The van der Waals surface area contributed by atoms with Crippen molar-refractivity contribution in [3.05, 3.63) is 0 Å². The minimum absolute atomic E-state index is 1.87. The third kappa shape index (κ3) is 2.41. The van der Waals surface area contributed by atoms with Crippen molar-refractivity contribution in [2.75, 3.05) is 6.61 Å². The zero-order chi connectivity index (χ0) is 7.49. The van der Waals surface area contributed by atoms with Crippen LogP contribution in [-0.2, 0) is 9.74 Å². The summed E-state index contributed by atoms with van der Waals surface area (Å²) in [5.41, 5.74) is 0. The Morgan fingerprint density at radius 2 is 2.00 bits per heavy atom. The molecule has 0 spiro atoms. The van der Waals surface area contributed by atoms with Gasteiger partial charge in [-0.1, -0.05) is 0 Å². The van der Waals surface area contributed by atoms with E-state index in [2.05, 4.69) is 4.94 Å². The SMILES string of the molecule is O=C(F)C(F)(F)COF. The minimum Gasteiger partial charge on any atom is -0.254 e. The summed E-state index contributed by atoms with van der Waals surface area (Å²) in [5, 5.41) is 0. The summed E-state index contributed by atoms with van der Waals surface area (Å²) in [6.45, 7) is -1.87. The van der Waals surface area contributed by atoms with E-state index < -0.39 is 18.6 Å². The van der Waals surface area contributed by atoms with E-state index in [9.17, 15) is 22.5 Å². The second-order valence-electron chi connectivity index (χ2n) is 1.23. The third-order valence-electron chi connectivity index (χ3n) is 0.523. The maximum Gasteiger partial charge on any atom is 0.373 e. The number of rotatable bonds is 3. The highest BCUT2D eigenvalue weighted by Gasteiger charge is 2.40. The van der Waals surface area contributed by atoms with Crippen LogP contribution in [0.5, 0.6) is 0 Å². The molecule has 0 saturated carbocycles. The number of hydrogen-bond acceptors (Lipinski definition) is 2. The number of carbonyl (C=O) groups excluding carboxylic acids is 1. The van der Waals surface area contributed by atoms with Crippen LogP contribution in [0.4, 0.5) is 17.7 Å². The normalized spacial score (nSPS) is 11.6. The molecule has 0 amide bonds. The van der Waals surface area contributed by atoms with E-state index in [1.807, 2.05) is 0 Å². The molecule has 0 aliphatic heterocycles. The van der Waals surface area contributed by atoms with Gasteiger partial charge in [-0.05, 0) is 4.53 Å². The fourth-order valence-corrected chi connectivity index (χ4v) is 0.125. The molecule has 2 nitrogen and oxygen atoms in total. The first-order chi connectivity index (χ1) is 4.00. The van der Waals surface area contributed by atoms with Gasteiger partial charge in [-0.3, -0.25) is 4.79 Å². The first kappa shape index (κ1) is 8.35. The van der Waals surface area contributed by atoms with Gasteiger partial charge in [-0.15, -0.1) is 0 Å². The number of halogens is 4. The van der Waals surface area contributed by atoms with E-state index >= 15 is 0 Å². The summed E-state index contributed by atoms with van der Waals surface area (Å²) >= 11 is 0. The highest BCUT2D eigenvalue weighted by molar-refractivity contribution is 5.76. The van der Waals surface area contributed by atoms with Crippen LogP contribution in [-0.4, -0.2) is 18.6 Å². The van der Waals surface area contributed by atoms with Gasteiger partial charge in [0.1, 0.15) is 0 Å². The molecule has 0 aromatic heterocycles. The van der Waals surface area contributed by atoms with E-state index in [1.54, 1.807) is 0 Å². The Morgan fingerprint density at radius 1 is 1.56 bits per heavy atom. The van der Waals surface area contributed by atoms with Crippen molar-refractivity contribution in [2.24, 2.45) is 0 Å². The molecule has 0 bridgehead atoms. The summed E-state index contributed by atoms with van der Waals surface area (Å²) in [6, 6.07) is -2.90. The molecule has 0 aliphatic carbocycles. The first-order valence-corrected chi connectivity index (χ1v) is 1.82. The van der Waals surface area contributed by atoms with Crippen LogP contribution in [0.2, 0.25) is 0 Å². The molecule has 0 aromatic carbocycles. The van der Waals surface area contributed by atoms with Crippen molar-refractivity contribution < 1.29 is 27.4 Å². The molecule has 9 heavy (non-hydrogen) atoms. The Morgan fingerprint density at radius 3 is 2.11 bits per heavy atom. The Labute approximate surface area is 47.3 Å². The number of alkyl halides is 2. The fraction of sp³-hybridized carbons (Fsp3) is 0.667. The molecule has 0 aromatic rings. The number of hydrogen-bond donors (Lipinski definition) is 0. The maximum absolute atomic E-state index is 11.5. The molecule has 0 N–H and O–H groups in total. The third-order valence-corrected chi connectivity index (χ3v) is 0.523. The lowest BCUT2D eigenvalue weighted by atomic mass is 10.4. The average Bonchev–Trinajstić information content (AvgIpc) is 1.65. The lowest BCUT2D eigenvalue weighted by Gasteiger charge is -2.03. The van der Waals surface area contributed by atoms with Crippen molar-refractivity contribution >= 4 is 6.04 Å². The Balaban J connectivity index is 3.85. The smallest absolute Gasteiger partial charge is 0.254 e. The largest absolute Gasteiger partial charge is 0.373 e. The lowest BCUT2D eigenvalue weighted by Crippen LogP contribution is -2.29. The van der Waals surface area contributed by atoms with Crippen molar-refractivity contribution in [3.8, 4) is 0 Å². The van der Waals surface area contributed by atoms with Gasteiger partial charge in [0, 0.05) is 0 Å². The summed E-state index contributed by atoms with van der Waals surface area (Å²) < 4.78 is 44.5. The molecule has 0 unspecified atom stereocenters. The van der Waals surface area contributed by atoms with E-state index in [-0.39, 0.29) is 0 Å². The van der Waals surface area contributed by atoms with E-state index in [1.165, 1.54) is 0 Å². The monoisotopic (exact) mass is 146 g/mol. The molecular formula is C3H2F4O2. The van der Waals surface area contributed by atoms with Crippen LogP contribution >= 0.6 is 0 Å². The number of carbonyl (C=O) groups is 1. The van der Waals surface area contributed by atoms with Crippen molar-refractivity contribution in [1.29, 1.82) is 0 Å². The van der Waals surface area contributed by atoms with Crippen LogP contribution in [0.1, 0.15) is 0 Å². The van der Waals surface area contributed by atoms with E-state index in [0.717, 1.165) is 0 Å². The van der Waals surface area contributed by atoms with Gasteiger partial charge in [0.2, 0.25) is 0 Å². The molecule has 0 saturated heterocycles. The molecule has 0 aliphatic rings. The standard InChI is InChI=1S/C3H2F4O2/c4-2(8)3(5,6)1-9-7/h1H2. The lowest BCUT2D eigenvalue weighted by molar-refractivity contribution is -0.207. The van der Waals surface area contributed by atoms with Crippen LogP contribution in [0.15, 0.2) is 0 Å². The molecule has 6 heteroatoms. The van der Waals surface area contributed by atoms with Crippen LogP contribution < -0.4 is 0 Å². The summed E-state index contributed by atoms with van der Waals surface area (Å²) in [5.74, 6) is -4.35. The minimum atomic E-state index is -4.35. The summed E-state index contributed by atoms with van der Waals surface area (Å²) in [4.78, 5) is 11.5. The van der Waals surface area contributed by atoms with Crippen LogP contribution in [0, 0.1) is 0 Å². The van der Waals surface area contributed by atoms with Crippen LogP contribution in [0.3, 0.4) is 0 Å². The maximum atomic E-state index is 11.5. The predicted octanol–water partition coefficient (Wildman–Crippen LogP) is 1.02. The van der Waals surface area contributed by atoms with Crippen molar-refractivity contribution in [1.82, 2.24) is 0 Å². The molecule has 0 fully saturated rings. The van der Waals surface area contributed by atoms with Crippen molar-refractivity contribution in [3.63, 3.8) is 0 Å². The van der Waals surface area contributed by atoms with Gasteiger partial charge in [-0.25, -0.2) is 0 Å².